The molecule has 0 spiro atoms. The summed E-state index contributed by atoms with van der Waals surface area (Å²) in [5, 5.41) is 8.48. The highest BCUT2D eigenvalue weighted by molar-refractivity contribution is 9.10. The molecule has 0 atom stereocenters. The van der Waals surface area contributed by atoms with E-state index in [4.69, 9.17) is 5.11 Å². The Morgan fingerprint density at radius 2 is 1.29 bits per heavy atom. The molecule has 0 aliphatic heterocycles. The fourth-order valence-corrected chi connectivity index (χ4v) is 3.00. The molecule has 2 aromatic carbocycles. The summed E-state index contributed by atoms with van der Waals surface area (Å²) in [4.78, 5) is 11.0. The van der Waals surface area contributed by atoms with Gasteiger partial charge in [0.1, 0.15) is 0 Å². The molecule has 0 amide bonds. The summed E-state index contributed by atoms with van der Waals surface area (Å²) in [6.07, 6.45) is -1.02. The zero-order chi connectivity index (χ0) is 23.5. The highest BCUT2D eigenvalue weighted by atomic mass is 79.9. The van der Waals surface area contributed by atoms with Gasteiger partial charge in [0.15, 0.2) is 0 Å². The minimum atomic E-state index is -3.01. The van der Waals surface area contributed by atoms with Crippen LogP contribution >= 0.6 is 31.9 Å². The summed E-state index contributed by atoms with van der Waals surface area (Å²) in [5.74, 6) is -6.44. The molecule has 172 valence electrons. The monoisotopic (exact) mass is 570 g/mol. The van der Waals surface area contributed by atoms with Crippen molar-refractivity contribution in [1.29, 1.82) is 0 Å². The summed E-state index contributed by atoms with van der Waals surface area (Å²) in [5.41, 5.74) is -0.0980. The van der Waals surface area contributed by atoms with E-state index in [1.54, 1.807) is 31.2 Å². The number of rotatable bonds is 9. The number of halogens is 6. The van der Waals surface area contributed by atoms with Crippen molar-refractivity contribution < 1.29 is 32.2 Å². The summed E-state index contributed by atoms with van der Waals surface area (Å²) >= 11 is 6.36. The van der Waals surface area contributed by atoms with Gasteiger partial charge in [-0.3, -0.25) is 4.79 Å². The van der Waals surface area contributed by atoms with Crippen molar-refractivity contribution in [3.63, 3.8) is 0 Å². The van der Waals surface area contributed by atoms with Crippen molar-refractivity contribution >= 4 is 37.8 Å². The number of ether oxygens (including phenoxy) is 1. The van der Waals surface area contributed by atoms with Gasteiger partial charge in [-0.25, -0.2) is 17.6 Å². The molecule has 0 fully saturated rings. The third kappa shape index (κ3) is 10.1. The van der Waals surface area contributed by atoms with Gasteiger partial charge >= 0.3 is 5.97 Å². The maximum absolute atomic E-state index is 13.7. The van der Waals surface area contributed by atoms with E-state index in [-0.39, 0.29) is 43.6 Å². The van der Waals surface area contributed by atoms with Crippen LogP contribution in [0.25, 0.3) is 0 Å². The van der Waals surface area contributed by atoms with E-state index in [0.29, 0.717) is 0 Å². The molecule has 2 aromatic rings. The fourth-order valence-electron chi connectivity index (χ4n) is 2.47. The maximum Gasteiger partial charge on any atom is 0.306 e. The minimum absolute atomic E-state index is 0.00542. The number of hydrogen-bond acceptors (Lipinski definition) is 3. The molecule has 31 heavy (non-hydrogen) atoms. The zero-order valence-corrected chi connectivity index (χ0v) is 20.1. The first-order valence-corrected chi connectivity index (χ1v) is 11.1. The van der Waals surface area contributed by atoms with Gasteiger partial charge in [0.2, 0.25) is 0 Å². The molecule has 0 aliphatic carbocycles. The molecule has 0 aliphatic rings. The number of hydrogen-bond donors (Lipinski definition) is 1. The molecule has 2 rings (SSSR count). The molecular formula is C22H24Br2F4O3. The third-order valence-corrected chi connectivity index (χ3v) is 5.19. The second kappa shape index (κ2) is 13.2. The Morgan fingerprint density at radius 3 is 1.68 bits per heavy atom. The highest BCUT2D eigenvalue weighted by Gasteiger charge is 2.32. The van der Waals surface area contributed by atoms with Crippen LogP contribution < -0.4 is 0 Å². The second-order valence-corrected chi connectivity index (χ2v) is 8.39. The number of esters is 1. The summed E-state index contributed by atoms with van der Waals surface area (Å²) < 4.78 is 60.2. The predicted molar refractivity (Wildman–Crippen MR) is 118 cm³/mol. The van der Waals surface area contributed by atoms with Crippen LogP contribution in [-0.2, 0) is 21.4 Å². The number of carbonyl (C=O) groups is 1. The zero-order valence-electron chi connectivity index (χ0n) is 16.9. The van der Waals surface area contributed by atoms with Crippen LogP contribution in [0.1, 0.15) is 43.7 Å². The highest BCUT2D eigenvalue weighted by Crippen LogP contribution is 2.34. The lowest BCUT2D eigenvalue weighted by molar-refractivity contribution is -0.145. The van der Waals surface area contributed by atoms with Gasteiger partial charge in [-0.2, -0.15) is 0 Å². The van der Waals surface area contributed by atoms with Gasteiger partial charge < -0.3 is 9.84 Å². The molecule has 9 heteroatoms. The average molecular weight is 572 g/mol. The quantitative estimate of drug-likeness (QED) is 0.256. The van der Waals surface area contributed by atoms with Crippen molar-refractivity contribution in [2.75, 3.05) is 13.2 Å². The Labute approximate surface area is 196 Å². The molecule has 0 radical (unpaired) electrons. The van der Waals surface area contributed by atoms with E-state index in [1.807, 2.05) is 0 Å². The van der Waals surface area contributed by atoms with Crippen LogP contribution in [0, 0.1) is 0 Å². The van der Waals surface area contributed by atoms with Gasteiger partial charge in [0.05, 0.1) is 13.0 Å². The lowest BCUT2D eigenvalue weighted by Crippen LogP contribution is -2.16. The van der Waals surface area contributed by atoms with Gasteiger partial charge in [-0.15, -0.1) is 0 Å². The molecule has 0 unspecified atom stereocenters. The Bertz CT molecular complexity index is 797. The smallest absolute Gasteiger partial charge is 0.306 e. The van der Waals surface area contributed by atoms with Gasteiger partial charge in [0.25, 0.3) is 11.8 Å². The third-order valence-electron chi connectivity index (χ3n) is 4.13. The number of carbonyl (C=O) groups excluding carboxylic acids is 1. The van der Waals surface area contributed by atoms with Gasteiger partial charge in [-0.1, -0.05) is 56.1 Å². The van der Waals surface area contributed by atoms with E-state index >= 15 is 0 Å². The first-order chi connectivity index (χ1) is 14.5. The number of alkyl halides is 4. The topological polar surface area (TPSA) is 46.5 Å². The Kier molecular flexibility index (Phi) is 11.7. The summed E-state index contributed by atoms with van der Waals surface area (Å²) in [7, 11) is 0. The van der Waals surface area contributed by atoms with E-state index in [1.165, 1.54) is 24.3 Å². The van der Waals surface area contributed by atoms with Crippen molar-refractivity contribution in [1.82, 2.24) is 0 Å². The van der Waals surface area contributed by atoms with Crippen molar-refractivity contribution in [3.05, 3.63) is 68.6 Å². The Hall–Kier alpha value is -1.45. The molecule has 0 bridgehead atoms. The summed E-state index contributed by atoms with van der Waals surface area (Å²) in [6, 6.07) is 11.7. The van der Waals surface area contributed by atoms with E-state index in [9.17, 15) is 22.4 Å². The summed E-state index contributed by atoms with van der Waals surface area (Å²) in [6.45, 7) is 1.65. The van der Waals surface area contributed by atoms with E-state index in [0.717, 1.165) is 8.95 Å². The molecular weight excluding hydrogens is 548 g/mol. The second-order valence-electron chi connectivity index (χ2n) is 6.55. The first kappa shape index (κ1) is 27.6. The van der Waals surface area contributed by atoms with E-state index in [2.05, 4.69) is 36.6 Å². The number of aliphatic hydroxyl groups is 1. The van der Waals surface area contributed by atoms with Crippen LogP contribution in [0.2, 0.25) is 0 Å². The SMILES string of the molecule is CCOC(=O)CCC(F)(F)c1ccc(Br)cc1.OCCCC(F)(F)c1ccc(Br)cc1. The van der Waals surface area contributed by atoms with Gasteiger partial charge in [-0.05, 0) is 37.6 Å². The van der Waals surface area contributed by atoms with Crippen LogP contribution in [0.5, 0.6) is 0 Å². The van der Waals surface area contributed by atoms with Crippen molar-refractivity contribution in [2.24, 2.45) is 0 Å². The lowest BCUT2D eigenvalue weighted by atomic mass is 10.0. The van der Waals surface area contributed by atoms with E-state index < -0.39 is 24.2 Å². The van der Waals surface area contributed by atoms with Crippen LogP contribution in [0.4, 0.5) is 17.6 Å². The van der Waals surface area contributed by atoms with Crippen molar-refractivity contribution in [2.45, 2.75) is 44.5 Å². The molecule has 0 heterocycles. The maximum atomic E-state index is 13.7. The Morgan fingerprint density at radius 1 is 0.871 bits per heavy atom. The largest absolute Gasteiger partial charge is 0.466 e. The van der Waals surface area contributed by atoms with Crippen LogP contribution in [0.3, 0.4) is 0 Å². The van der Waals surface area contributed by atoms with Crippen LogP contribution in [0.15, 0.2) is 57.5 Å². The molecule has 3 nitrogen and oxygen atoms in total. The number of aliphatic hydroxyl groups excluding tert-OH is 1. The number of benzene rings is 2. The van der Waals surface area contributed by atoms with Crippen molar-refractivity contribution in [3.8, 4) is 0 Å². The predicted octanol–water partition coefficient (Wildman–Crippen LogP) is 7.20. The first-order valence-electron chi connectivity index (χ1n) is 9.56. The molecule has 1 N–H and O–H groups in total. The molecule has 0 saturated carbocycles. The standard InChI is InChI=1S/C12H13BrF2O2.C10H11BrF2O/c1-2-17-11(16)7-8-12(14,15)9-3-5-10(13)6-4-9;11-9-4-2-8(3-5-9)10(12,13)6-1-7-14/h3-6H,2,7-8H2,1H3;2-5,14H,1,6-7H2. The molecule has 0 saturated heterocycles. The van der Waals surface area contributed by atoms with Gasteiger partial charge in [0, 0.05) is 39.5 Å². The Balaban J connectivity index is 0.000000316. The normalized spacial score (nSPS) is 11.5. The lowest BCUT2D eigenvalue weighted by Gasteiger charge is -2.16. The average Bonchev–Trinajstić information content (AvgIpc) is 2.72. The van der Waals surface area contributed by atoms with Crippen LogP contribution in [-0.4, -0.2) is 24.3 Å². The minimum Gasteiger partial charge on any atom is -0.466 e. The fraction of sp³-hybridized carbons (Fsp3) is 0.409. The molecule has 0 aromatic heterocycles.